The third-order valence-electron chi connectivity index (χ3n) is 5.20. The van der Waals surface area contributed by atoms with Gasteiger partial charge in [0.05, 0.1) is 37.7 Å². The number of hydrogen-bond donors (Lipinski definition) is 2. The predicted molar refractivity (Wildman–Crippen MR) is 107 cm³/mol. The third-order valence-corrected chi connectivity index (χ3v) is 5.20. The first-order valence-corrected chi connectivity index (χ1v) is 9.37. The van der Waals surface area contributed by atoms with E-state index in [-0.39, 0.29) is 18.5 Å². The minimum atomic E-state index is -0.412. The first-order chi connectivity index (χ1) is 14.1. The van der Waals surface area contributed by atoms with Crippen molar-refractivity contribution in [3.8, 4) is 29.1 Å². The number of hydrogen-bond acceptors (Lipinski definition) is 6. The maximum Gasteiger partial charge on any atom is 0.271 e. The van der Waals surface area contributed by atoms with E-state index in [1.807, 2.05) is 6.07 Å². The molecule has 2 heterocycles. The molecule has 8 heteroatoms. The molecule has 0 spiro atoms. The van der Waals surface area contributed by atoms with Crippen molar-refractivity contribution in [1.82, 2.24) is 0 Å². The molecule has 2 aliphatic rings. The molecular weight excluding hydrogens is 374 g/mol. The largest absolute Gasteiger partial charge is 0.492 e. The average molecular weight is 396 g/mol. The summed E-state index contributed by atoms with van der Waals surface area (Å²) in [6.07, 6.45) is 0.915. The molecule has 0 amide bonds. The Kier molecular flexibility index (Phi) is 5.14. The van der Waals surface area contributed by atoms with Crippen LogP contribution in [-0.2, 0) is 6.42 Å². The van der Waals surface area contributed by atoms with Gasteiger partial charge >= 0.3 is 0 Å². The summed E-state index contributed by atoms with van der Waals surface area (Å²) < 4.78 is 16.8. The average Bonchev–Trinajstić information content (AvgIpc) is 3.19. The molecule has 0 saturated carbocycles. The number of nitro groups is 1. The van der Waals surface area contributed by atoms with Gasteiger partial charge in [-0.3, -0.25) is 10.1 Å². The molecule has 0 aliphatic carbocycles. The molecule has 0 fully saturated rings. The Bertz CT molecular complexity index is 1010. The second-order valence-electron chi connectivity index (χ2n) is 6.98. The highest BCUT2D eigenvalue weighted by molar-refractivity contribution is 5.62. The molecule has 2 unspecified atom stereocenters. The third kappa shape index (κ3) is 3.65. The summed E-state index contributed by atoms with van der Waals surface area (Å²) in [6.45, 7) is 1.53. The molecule has 0 bridgehead atoms. The second-order valence-corrected chi connectivity index (χ2v) is 6.98. The molecule has 2 N–H and O–H groups in total. The maximum absolute atomic E-state index is 10.9. The van der Waals surface area contributed by atoms with Crippen LogP contribution in [0.25, 0.3) is 0 Å². The summed E-state index contributed by atoms with van der Waals surface area (Å²) in [6, 6.07) is 8.36. The van der Waals surface area contributed by atoms with Crippen LogP contribution in [0.15, 0.2) is 30.3 Å². The van der Waals surface area contributed by atoms with Crippen molar-refractivity contribution in [3.63, 3.8) is 0 Å². The van der Waals surface area contributed by atoms with E-state index in [1.54, 1.807) is 19.2 Å². The fourth-order valence-electron chi connectivity index (χ4n) is 3.75. The van der Waals surface area contributed by atoms with Gasteiger partial charge in [0, 0.05) is 24.2 Å². The number of ether oxygens (including phenoxy) is 3. The lowest BCUT2D eigenvalue weighted by molar-refractivity contribution is -0.905. The number of nitrogens with one attached hydrogen (secondary N) is 2. The van der Waals surface area contributed by atoms with E-state index >= 15 is 0 Å². The quantitative estimate of drug-likeness (QED) is 0.463. The minimum Gasteiger partial charge on any atom is -0.492 e. The Morgan fingerprint density at radius 3 is 3.03 bits per heavy atom. The molecule has 29 heavy (non-hydrogen) atoms. The van der Waals surface area contributed by atoms with Crippen molar-refractivity contribution in [2.75, 3.05) is 39.4 Å². The molecule has 2 aromatic rings. The Morgan fingerprint density at radius 2 is 2.24 bits per heavy atom. The molecule has 2 atom stereocenters. The summed E-state index contributed by atoms with van der Waals surface area (Å²) in [5, 5.41) is 14.0. The van der Waals surface area contributed by atoms with Gasteiger partial charge in [0.15, 0.2) is 17.5 Å². The highest BCUT2D eigenvalue weighted by Gasteiger charge is 2.35. The van der Waals surface area contributed by atoms with Crippen molar-refractivity contribution in [2.45, 2.75) is 12.5 Å². The van der Waals surface area contributed by atoms with Crippen molar-refractivity contribution in [3.05, 3.63) is 51.6 Å². The monoisotopic (exact) mass is 396 g/mol. The summed E-state index contributed by atoms with van der Waals surface area (Å²) in [7, 11) is 3.75. The number of nitro benzene ring substituents is 1. The zero-order chi connectivity index (χ0) is 20.4. The van der Waals surface area contributed by atoms with Gasteiger partial charge in [0.2, 0.25) is 12.5 Å². The molecule has 0 aromatic heterocycles. The van der Waals surface area contributed by atoms with E-state index in [4.69, 9.17) is 14.2 Å². The number of non-ortho nitro benzene ring substituents is 1. The zero-order valence-electron chi connectivity index (χ0n) is 16.3. The van der Waals surface area contributed by atoms with E-state index in [0.29, 0.717) is 23.7 Å². The standard InChI is InChI=1S/C21H21N3O5/c1-23-10-8-14-11-18-20(29-13-28-18)21(27-2)19(14)17(23)7-4-9-22-15-5-3-6-16(12-15)24(25)26/h3,5-6,11-12,17,22H,8-10,13H2,1-2H3/p+1. The number of anilines is 1. The Hall–Kier alpha value is -3.44. The van der Waals surface area contributed by atoms with Gasteiger partial charge < -0.3 is 24.4 Å². The summed E-state index contributed by atoms with van der Waals surface area (Å²) in [5.74, 6) is 8.56. The highest BCUT2D eigenvalue weighted by atomic mass is 16.7. The zero-order valence-corrected chi connectivity index (χ0v) is 16.3. The predicted octanol–water partition coefficient (Wildman–Crippen LogP) is 1.56. The molecule has 0 saturated heterocycles. The molecule has 2 aromatic carbocycles. The SMILES string of the molecule is COc1c2c(cc3c1C(C#CCNc1cccc([N+](=O)[O-])c1)[NH+](C)CC3)OCO2. The molecule has 4 rings (SSSR count). The van der Waals surface area contributed by atoms with Crippen molar-refractivity contribution >= 4 is 11.4 Å². The van der Waals surface area contributed by atoms with Crippen molar-refractivity contribution in [1.29, 1.82) is 0 Å². The number of nitrogens with zero attached hydrogens (tertiary/aromatic N) is 1. The van der Waals surface area contributed by atoms with E-state index in [2.05, 4.69) is 24.2 Å². The van der Waals surface area contributed by atoms with Crippen LogP contribution in [0.5, 0.6) is 17.2 Å². The topological polar surface area (TPSA) is 87.3 Å². The van der Waals surface area contributed by atoms with Crippen LogP contribution >= 0.6 is 0 Å². The van der Waals surface area contributed by atoms with Crippen LogP contribution in [0.1, 0.15) is 17.2 Å². The maximum atomic E-state index is 10.9. The Balaban J connectivity index is 1.56. The van der Waals surface area contributed by atoms with E-state index in [9.17, 15) is 10.1 Å². The number of rotatable bonds is 4. The van der Waals surface area contributed by atoms with Gasteiger partial charge in [-0.25, -0.2) is 0 Å². The number of benzene rings is 2. The number of fused-ring (bicyclic) bond motifs is 2. The van der Waals surface area contributed by atoms with Crippen LogP contribution < -0.4 is 24.4 Å². The second kappa shape index (κ2) is 7.89. The molecular formula is C21H22N3O5+. The first kappa shape index (κ1) is 18.9. The number of likely N-dealkylation sites (N-methyl/N-ethyl adjacent to an activating group) is 1. The van der Waals surface area contributed by atoms with Gasteiger partial charge in [-0.05, 0) is 23.6 Å². The van der Waals surface area contributed by atoms with Gasteiger partial charge in [-0.1, -0.05) is 12.0 Å². The van der Waals surface area contributed by atoms with E-state index in [1.165, 1.54) is 22.6 Å². The fourth-order valence-corrected chi connectivity index (χ4v) is 3.75. The molecule has 2 aliphatic heterocycles. The first-order valence-electron chi connectivity index (χ1n) is 9.37. The van der Waals surface area contributed by atoms with Crippen molar-refractivity contribution < 1.29 is 24.0 Å². The lowest BCUT2D eigenvalue weighted by Gasteiger charge is -2.30. The van der Waals surface area contributed by atoms with Gasteiger partial charge in [-0.15, -0.1) is 0 Å². The van der Waals surface area contributed by atoms with Crippen LogP contribution in [-0.4, -0.2) is 39.0 Å². The fraction of sp³-hybridized carbons (Fsp3) is 0.333. The molecule has 8 nitrogen and oxygen atoms in total. The molecule has 0 radical (unpaired) electrons. The van der Waals surface area contributed by atoms with Gasteiger partial charge in [0.1, 0.15) is 0 Å². The minimum absolute atomic E-state index is 0.0501. The Labute approximate surface area is 168 Å². The van der Waals surface area contributed by atoms with Crippen LogP contribution in [0.3, 0.4) is 0 Å². The normalized spacial score (nSPS) is 19.0. The van der Waals surface area contributed by atoms with Crippen molar-refractivity contribution in [2.24, 2.45) is 0 Å². The van der Waals surface area contributed by atoms with Crippen LogP contribution in [0, 0.1) is 22.0 Å². The smallest absolute Gasteiger partial charge is 0.271 e. The van der Waals surface area contributed by atoms with Gasteiger partial charge in [0.25, 0.3) is 5.69 Å². The lowest BCUT2D eigenvalue weighted by atomic mass is 9.91. The van der Waals surface area contributed by atoms with Gasteiger partial charge in [-0.2, -0.15) is 0 Å². The molecule has 150 valence electrons. The number of quaternary nitrogens is 1. The Morgan fingerprint density at radius 1 is 1.38 bits per heavy atom. The number of methoxy groups -OCH3 is 1. The van der Waals surface area contributed by atoms with Crippen LogP contribution in [0.4, 0.5) is 11.4 Å². The summed E-state index contributed by atoms with van der Waals surface area (Å²) in [4.78, 5) is 11.8. The van der Waals surface area contributed by atoms with E-state index in [0.717, 1.165) is 24.3 Å². The van der Waals surface area contributed by atoms with E-state index < -0.39 is 4.92 Å². The lowest BCUT2D eigenvalue weighted by Crippen LogP contribution is -3.10. The van der Waals surface area contributed by atoms with Crippen LogP contribution in [0.2, 0.25) is 0 Å². The summed E-state index contributed by atoms with van der Waals surface area (Å²) >= 11 is 0. The summed E-state index contributed by atoms with van der Waals surface area (Å²) in [5.41, 5.74) is 2.93. The highest BCUT2D eigenvalue weighted by Crippen LogP contribution is 2.47.